The minimum Gasteiger partial charge on any atom is -0.456 e. The Labute approximate surface area is 355 Å². The Bertz CT molecular complexity index is 3580. The number of aromatic nitrogens is 7. The molecule has 0 unspecified atom stereocenters. The Morgan fingerprint density at radius 2 is 0.774 bits per heavy atom. The molecule has 0 aliphatic heterocycles. The predicted octanol–water partition coefficient (Wildman–Crippen LogP) is 13.1. The molecule has 290 valence electrons. The molecule has 0 N–H and O–H groups in total. The SMILES string of the molecule is c1ccc(-c2nc(-c3ccc4c(c3)oc3ccccc34)nc(-c3ccccc3-n3c4ccccc4c4c(-c5nc(-c6ccccc6)nc(-c6ccccc6)n5)cccc43)n2)cc1. The highest BCUT2D eigenvalue weighted by Crippen LogP contribution is 2.41. The van der Waals surface area contributed by atoms with Crippen LogP contribution in [0.2, 0.25) is 0 Å². The second kappa shape index (κ2) is 14.6. The molecule has 0 aliphatic carbocycles. The summed E-state index contributed by atoms with van der Waals surface area (Å²) in [6.07, 6.45) is 0. The first-order chi connectivity index (χ1) is 30.7. The van der Waals surface area contributed by atoms with E-state index in [9.17, 15) is 0 Å². The zero-order chi connectivity index (χ0) is 41.0. The number of rotatable bonds is 7. The van der Waals surface area contributed by atoms with Crippen molar-refractivity contribution in [1.82, 2.24) is 34.5 Å². The molecule has 12 aromatic rings. The van der Waals surface area contributed by atoms with Crippen LogP contribution in [-0.2, 0) is 0 Å². The summed E-state index contributed by atoms with van der Waals surface area (Å²) in [7, 11) is 0. The molecule has 62 heavy (non-hydrogen) atoms. The Morgan fingerprint density at radius 3 is 1.44 bits per heavy atom. The van der Waals surface area contributed by atoms with E-state index in [0.29, 0.717) is 34.9 Å². The van der Waals surface area contributed by atoms with Crippen LogP contribution >= 0.6 is 0 Å². The van der Waals surface area contributed by atoms with Crippen LogP contribution in [0.3, 0.4) is 0 Å². The third-order valence-corrected chi connectivity index (χ3v) is 11.3. The molecule has 0 fully saturated rings. The molecule has 4 aromatic heterocycles. The van der Waals surface area contributed by atoms with Crippen LogP contribution in [0.4, 0.5) is 0 Å². The fourth-order valence-electron chi connectivity index (χ4n) is 8.46. The molecule has 0 saturated heterocycles. The number of para-hydroxylation sites is 3. The number of benzene rings is 8. The maximum atomic E-state index is 6.31. The van der Waals surface area contributed by atoms with E-state index < -0.39 is 0 Å². The fraction of sp³-hybridized carbons (Fsp3) is 0. The van der Waals surface area contributed by atoms with Crippen molar-refractivity contribution < 1.29 is 4.42 Å². The summed E-state index contributed by atoms with van der Waals surface area (Å²) in [5, 5.41) is 4.21. The number of furan rings is 1. The quantitative estimate of drug-likeness (QED) is 0.158. The number of fused-ring (bicyclic) bond motifs is 6. The summed E-state index contributed by atoms with van der Waals surface area (Å²) < 4.78 is 8.61. The van der Waals surface area contributed by atoms with E-state index in [1.165, 1.54) is 0 Å². The lowest BCUT2D eigenvalue weighted by molar-refractivity contribution is 0.669. The average Bonchev–Trinajstić information content (AvgIpc) is 3.90. The van der Waals surface area contributed by atoms with Gasteiger partial charge in [0.1, 0.15) is 11.2 Å². The Kier molecular flexibility index (Phi) is 8.31. The fourth-order valence-corrected chi connectivity index (χ4v) is 8.46. The van der Waals surface area contributed by atoms with Gasteiger partial charge in [-0.2, -0.15) is 0 Å². The van der Waals surface area contributed by atoms with Gasteiger partial charge < -0.3 is 8.98 Å². The van der Waals surface area contributed by atoms with E-state index in [1.807, 2.05) is 121 Å². The van der Waals surface area contributed by atoms with Crippen molar-refractivity contribution in [3.8, 4) is 74.0 Å². The molecule has 0 radical (unpaired) electrons. The predicted molar refractivity (Wildman–Crippen MR) is 247 cm³/mol. The number of hydrogen-bond donors (Lipinski definition) is 0. The molecule has 0 amide bonds. The molecular formula is C54H33N7O. The molecule has 0 spiro atoms. The highest BCUT2D eigenvalue weighted by Gasteiger charge is 2.23. The van der Waals surface area contributed by atoms with E-state index in [2.05, 4.69) is 83.4 Å². The van der Waals surface area contributed by atoms with Crippen molar-refractivity contribution in [2.45, 2.75) is 0 Å². The van der Waals surface area contributed by atoms with Crippen molar-refractivity contribution in [3.05, 3.63) is 200 Å². The molecular weight excluding hydrogens is 763 g/mol. The number of hydrogen-bond acceptors (Lipinski definition) is 7. The first kappa shape index (κ1) is 35.3. The third-order valence-electron chi connectivity index (χ3n) is 11.3. The lowest BCUT2D eigenvalue weighted by Gasteiger charge is -2.15. The average molecular weight is 796 g/mol. The minimum atomic E-state index is 0.550. The van der Waals surface area contributed by atoms with Gasteiger partial charge in [0.05, 0.1) is 16.7 Å². The number of nitrogens with zero attached hydrogens (tertiary/aromatic N) is 7. The molecule has 0 saturated carbocycles. The summed E-state index contributed by atoms with van der Waals surface area (Å²) in [5.74, 6) is 3.49. The Morgan fingerprint density at radius 1 is 0.306 bits per heavy atom. The van der Waals surface area contributed by atoms with Crippen molar-refractivity contribution in [2.24, 2.45) is 0 Å². The van der Waals surface area contributed by atoms with E-state index in [-0.39, 0.29) is 0 Å². The lowest BCUT2D eigenvalue weighted by Crippen LogP contribution is -2.03. The Balaban J connectivity index is 1.07. The summed E-state index contributed by atoms with van der Waals surface area (Å²) in [5.41, 5.74) is 9.87. The minimum absolute atomic E-state index is 0.550. The van der Waals surface area contributed by atoms with Crippen LogP contribution in [0, 0.1) is 0 Å². The normalized spacial score (nSPS) is 11.5. The molecule has 0 aliphatic rings. The zero-order valence-electron chi connectivity index (χ0n) is 33.1. The first-order valence-corrected chi connectivity index (χ1v) is 20.5. The van der Waals surface area contributed by atoms with Crippen LogP contribution in [-0.4, -0.2) is 34.5 Å². The van der Waals surface area contributed by atoms with Gasteiger partial charge in [0.25, 0.3) is 0 Å². The van der Waals surface area contributed by atoms with Gasteiger partial charge in [-0.3, -0.25) is 0 Å². The molecule has 8 nitrogen and oxygen atoms in total. The van der Waals surface area contributed by atoms with Crippen molar-refractivity contribution in [2.75, 3.05) is 0 Å². The summed E-state index contributed by atoms with van der Waals surface area (Å²) in [6, 6.07) is 67.6. The molecule has 8 aromatic carbocycles. The Hall–Kier alpha value is -8.62. The summed E-state index contributed by atoms with van der Waals surface area (Å²) in [4.78, 5) is 30.7. The van der Waals surface area contributed by atoms with Gasteiger partial charge in [-0.05, 0) is 42.5 Å². The van der Waals surface area contributed by atoms with Gasteiger partial charge in [0.15, 0.2) is 34.9 Å². The topological polar surface area (TPSA) is 95.4 Å². The zero-order valence-corrected chi connectivity index (χ0v) is 33.1. The molecule has 0 atom stereocenters. The van der Waals surface area contributed by atoms with Crippen LogP contribution in [0.15, 0.2) is 205 Å². The van der Waals surface area contributed by atoms with E-state index >= 15 is 0 Å². The van der Waals surface area contributed by atoms with Crippen molar-refractivity contribution in [3.63, 3.8) is 0 Å². The second-order valence-corrected chi connectivity index (χ2v) is 15.1. The summed E-state index contributed by atoms with van der Waals surface area (Å²) >= 11 is 0. The smallest absolute Gasteiger partial charge is 0.166 e. The molecule has 0 bridgehead atoms. The highest BCUT2D eigenvalue weighted by molar-refractivity contribution is 6.15. The van der Waals surface area contributed by atoms with E-state index in [4.69, 9.17) is 34.3 Å². The van der Waals surface area contributed by atoms with Crippen LogP contribution < -0.4 is 0 Å². The van der Waals surface area contributed by atoms with Crippen molar-refractivity contribution >= 4 is 43.7 Å². The van der Waals surface area contributed by atoms with Gasteiger partial charge >= 0.3 is 0 Å². The molecule has 4 heterocycles. The summed E-state index contributed by atoms with van der Waals surface area (Å²) in [6.45, 7) is 0. The van der Waals surface area contributed by atoms with Crippen LogP contribution in [0.5, 0.6) is 0 Å². The highest BCUT2D eigenvalue weighted by atomic mass is 16.3. The lowest BCUT2D eigenvalue weighted by atomic mass is 10.1. The maximum absolute atomic E-state index is 6.31. The monoisotopic (exact) mass is 795 g/mol. The largest absolute Gasteiger partial charge is 0.456 e. The third kappa shape index (κ3) is 6.00. The van der Waals surface area contributed by atoms with E-state index in [1.54, 1.807) is 0 Å². The van der Waals surface area contributed by atoms with Gasteiger partial charge in [-0.1, -0.05) is 158 Å². The van der Waals surface area contributed by atoms with Gasteiger partial charge in [0.2, 0.25) is 0 Å². The second-order valence-electron chi connectivity index (χ2n) is 15.1. The van der Waals surface area contributed by atoms with Gasteiger partial charge in [-0.25, -0.2) is 29.9 Å². The van der Waals surface area contributed by atoms with Crippen LogP contribution in [0.1, 0.15) is 0 Å². The van der Waals surface area contributed by atoms with E-state index in [0.717, 1.165) is 82.8 Å². The molecule has 12 rings (SSSR count). The van der Waals surface area contributed by atoms with Gasteiger partial charge in [-0.15, -0.1) is 0 Å². The van der Waals surface area contributed by atoms with Crippen LogP contribution in [0.25, 0.3) is 118 Å². The standard InChI is InChI=1S/C54H33N7O/c1-4-17-34(18-5-1)49-55-50(35-19-6-2-7-20-35)59-54(58-49)42-26-16-29-45-48(42)40-24-10-13-27-43(40)61(45)44-28-14-11-25-41(44)53-57-51(36-21-8-3-9-22-36)56-52(60-53)37-31-32-39-38-23-12-15-30-46(38)62-47(39)33-37/h1-33H. The first-order valence-electron chi connectivity index (χ1n) is 20.5. The maximum Gasteiger partial charge on any atom is 0.166 e. The molecule has 8 heteroatoms. The van der Waals surface area contributed by atoms with Gasteiger partial charge in [0, 0.05) is 54.9 Å². The van der Waals surface area contributed by atoms with Crippen molar-refractivity contribution in [1.29, 1.82) is 0 Å².